The maximum atomic E-state index is 5.95. The van der Waals surface area contributed by atoms with Crippen LogP contribution < -0.4 is 5.73 Å². The third-order valence-corrected chi connectivity index (χ3v) is 3.12. The van der Waals surface area contributed by atoms with Gasteiger partial charge in [-0.1, -0.05) is 0 Å². The number of hydrogen-bond acceptors (Lipinski definition) is 3. The average molecular weight is 189 g/mol. The first-order valence-corrected chi connectivity index (χ1v) is 6.04. The Kier molecular flexibility index (Phi) is 5.04. The Morgan fingerprint density at radius 2 is 2.17 bits per heavy atom. The van der Waals surface area contributed by atoms with Gasteiger partial charge >= 0.3 is 0 Å². The molecule has 0 amide bonds. The molecule has 1 fully saturated rings. The number of thioether (sulfide) groups is 1. The SMILES string of the molecule is CSCC(N)CC1CCOCC1. The van der Waals surface area contributed by atoms with Crippen LogP contribution in [0.25, 0.3) is 0 Å². The highest BCUT2D eigenvalue weighted by Gasteiger charge is 2.16. The summed E-state index contributed by atoms with van der Waals surface area (Å²) in [7, 11) is 0. The molecule has 1 unspecified atom stereocenters. The molecule has 0 radical (unpaired) electrons. The number of nitrogens with two attached hydrogens (primary N) is 1. The monoisotopic (exact) mass is 189 g/mol. The third-order valence-electron chi connectivity index (χ3n) is 2.36. The molecular formula is C9H19NOS. The summed E-state index contributed by atoms with van der Waals surface area (Å²) in [6.45, 7) is 1.88. The van der Waals surface area contributed by atoms with E-state index in [1.165, 1.54) is 19.3 Å². The fraction of sp³-hybridized carbons (Fsp3) is 1.00. The summed E-state index contributed by atoms with van der Waals surface area (Å²) in [6.07, 6.45) is 5.72. The molecule has 1 aliphatic rings. The zero-order valence-corrected chi connectivity index (χ0v) is 8.61. The van der Waals surface area contributed by atoms with Gasteiger partial charge in [0.05, 0.1) is 0 Å². The summed E-state index contributed by atoms with van der Waals surface area (Å²) in [5.41, 5.74) is 5.95. The topological polar surface area (TPSA) is 35.2 Å². The molecule has 2 N–H and O–H groups in total. The Labute approximate surface area is 79.2 Å². The molecule has 1 atom stereocenters. The van der Waals surface area contributed by atoms with Crippen molar-refractivity contribution in [1.82, 2.24) is 0 Å². The van der Waals surface area contributed by atoms with E-state index in [1.807, 2.05) is 11.8 Å². The van der Waals surface area contributed by atoms with Crippen molar-refractivity contribution in [3.05, 3.63) is 0 Å². The van der Waals surface area contributed by atoms with Crippen molar-refractivity contribution < 1.29 is 4.74 Å². The van der Waals surface area contributed by atoms with Gasteiger partial charge in [0.25, 0.3) is 0 Å². The summed E-state index contributed by atoms with van der Waals surface area (Å²) in [4.78, 5) is 0. The lowest BCUT2D eigenvalue weighted by Gasteiger charge is -2.24. The van der Waals surface area contributed by atoms with Gasteiger partial charge in [0.1, 0.15) is 0 Å². The Bertz CT molecular complexity index is 115. The molecule has 0 aromatic heterocycles. The zero-order chi connectivity index (χ0) is 8.81. The lowest BCUT2D eigenvalue weighted by molar-refractivity contribution is 0.0625. The summed E-state index contributed by atoms with van der Waals surface area (Å²) in [6, 6.07) is 0.392. The molecule has 0 saturated carbocycles. The van der Waals surface area contributed by atoms with Crippen LogP contribution in [0.3, 0.4) is 0 Å². The van der Waals surface area contributed by atoms with E-state index in [0.717, 1.165) is 24.9 Å². The van der Waals surface area contributed by atoms with Gasteiger partial charge in [-0.3, -0.25) is 0 Å². The number of rotatable bonds is 4. The molecular weight excluding hydrogens is 170 g/mol. The van der Waals surface area contributed by atoms with Crippen molar-refractivity contribution in [3.63, 3.8) is 0 Å². The highest BCUT2D eigenvalue weighted by atomic mass is 32.2. The quantitative estimate of drug-likeness (QED) is 0.728. The first kappa shape index (κ1) is 10.4. The second kappa shape index (κ2) is 5.84. The Balaban J connectivity index is 2.11. The maximum absolute atomic E-state index is 5.95. The molecule has 0 aliphatic carbocycles. The van der Waals surface area contributed by atoms with Crippen LogP contribution >= 0.6 is 11.8 Å². The van der Waals surface area contributed by atoms with Crippen LogP contribution in [-0.4, -0.2) is 31.3 Å². The summed E-state index contributed by atoms with van der Waals surface area (Å²) in [5.74, 6) is 1.91. The van der Waals surface area contributed by atoms with Gasteiger partial charge in [-0.05, 0) is 31.4 Å². The van der Waals surface area contributed by atoms with Crippen LogP contribution in [0.1, 0.15) is 19.3 Å². The molecule has 2 nitrogen and oxygen atoms in total. The van der Waals surface area contributed by atoms with E-state index in [4.69, 9.17) is 10.5 Å². The third kappa shape index (κ3) is 3.78. The van der Waals surface area contributed by atoms with Crippen LogP contribution in [0.15, 0.2) is 0 Å². The summed E-state index contributed by atoms with van der Waals surface area (Å²) >= 11 is 1.84. The van der Waals surface area contributed by atoms with E-state index in [1.54, 1.807) is 0 Å². The standard InChI is InChI=1S/C9H19NOS/c1-12-7-9(10)6-8-2-4-11-5-3-8/h8-9H,2-7,10H2,1H3. The molecule has 72 valence electrons. The van der Waals surface area contributed by atoms with Gasteiger partial charge in [-0.25, -0.2) is 0 Å². The normalized spacial score (nSPS) is 22.5. The van der Waals surface area contributed by atoms with Gasteiger partial charge in [0.15, 0.2) is 0 Å². The summed E-state index contributed by atoms with van der Waals surface area (Å²) < 4.78 is 5.30. The smallest absolute Gasteiger partial charge is 0.0468 e. The van der Waals surface area contributed by atoms with Crippen LogP contribution in [0.5, 0.6) is 0 Å². The van der Waals surface area contributed by atoms with E-state index in [9.17, 15) is 0 Å². The van der Waals surface area contributed by atoms with Crippen molar-refractivity contribution >= 4 is 11.8 Å². The largest absolute Gasteiger partial charge is 0.381 e. The van der Waals surface area contributed by atoms with Gasteiger partial charge in [0, 0.05) is 25.0 Å². The fourth-order valence-electron chi connectivity index (χ4n) is 1.69. The van der Waals surface area contributed by atoms with E-state index in [0.29, 0.717) is 6.04 Å². The van der Waals surface area contributed by atoms with Gasteiger partial charge in [-0.15, -0.1) is 0 Å². The van der Waals surface area contributed by atoms with Crippen molar-refractivity contribution in [2.24, 2.45) is 11.7 Å². The predicted molar refractivity (Wildman–Crippen MR) is 54.5 cm³/mol. The Hall–Kier alpha value is 0.270. The van der Waals surface area contributed by atoms with E-state index in [2.05, 4.69) is 6.26 Å². The molecule has 1 heterocycles. The van der Waals surface area contributed by atoms with Crippen molar-refractivity contribution in [2.75, 3.05) is 25.2 Å². The minimum absolute atomic E-state index is 0.392. The Morgan fingerprint density at radius 3 is 2.75 bits per heavy atom. The molecule has 3 heteroatoms. The molecule has 0 spiro atoms. The van der Waals surface area contributed by atoms with Gasteiger partial charge in [-0.2, -0.15) is 11.8 Å². The molecule has 1 saturated heterocycles. The lowest BCUT2D eigenvalue weighted by atomic mass is 9.93. The molecule has 0 aromatic carbocycles. The second-order valence-electron chi connectivity index (χ2n) is 3.51. The van der Waals surface area contributed by atoms with Crippen LogP contribution in [0, 0.1) is 5.92 Å². The lowest BCUT2D eigenvalue weighted by Crippen LogP contribution is -2.28. The van der Waals surface area contributed by atoms with Crippen LogP contribution in [0.2, 0.25) is 0 Å². The minimum atomic E-state index is 0.392. The van der Waals surface area contributed by atoms with E-state index >= 15 is 0 Å². The van der Waals surface area contributed by atoms with Crippen molar-refractivity contribution in [2.45, 2.75) is 25.3 Å². The highest BCUT2D eigenvalue weighted by molar-refractivity contribution is 7.98. The van der Waals surface area contributed by atoms with Gasteiger partial charge in [0.2, 0.25) is 0 Å². The first-order valence-electron chi connectivity index (χ1n) is 4.65. The van der Waals surface area contributed by atoms with Crippen molar-refractivity contribution in [3.8, 4) is 0 Å². The summed E-state index contributed by atoms with van der Waals surface area (Å²) in [5, 5.41) is 0. The van der Waals surface area contributed by atoms with E-state index in [-0.39, 0.29) is 0 Å². The second-order valence-corrected chi connectivity index (χ2v) is 4.42. The molecule has 1 rings (SSSR count). The van der Waals surface area contributed by atoms with Crippen LogP contribution in [0.4, 0.5) is 0 Å². The molecule has 12 heavy (non-hydrogen) atoms. The fourth-order valence-corrected chi connectivity index (χ4v) is 2.26. The first-order chi connectivity index (χ1) is 5.83. The number of hydrogen-bond donors (Lipinski definition) is 1. The predicted octanol–water partition coefficient (Wildman–Crippen LogP) is 1.49. The Morgan fingerprint density at radius 1 is 1.50 bits per heavy atom. The van der Waals surface area contributed by atoms with Gasteiger partial charge < -0.3 is 10.5 Å². The zero-order valence-electron chi connectivity index (χ0n) is 7.79. The average Bonchev–Trinajstić information content (AvgIpc) is 2.06. The van der Waals surface area contributed by atoms with Crippen molar-refractivity contribution in [1.29, 1.82) is 0 Å². The number of ether oxygens (including phenoxy) is 1. The molecule has 0 aromatic rings. The van der Waals surface area contributed by atoms with E-state index < -0.39 is 0 Å². The molecule has 1 aliphatic heterocycles. The molecule has 0 bridgehead atoms. The maximum Gasteiger partial charge on any atom is 0.0468 e. The highest BCUT2D eigenvalue weighted by Crippen LogP contribution is 2.20. The van der Waals surface area contributed by atoms with Crippen LogP contribution in [-0.2, 0) is 4.74 Å². The minimum Gasteiger partial charge on any atom is -0.381 e.